The first kappa shape index (κ1) is 25.4. The van der Waals surface area contributed by atoms with E-state index in [4.69, 9.17) is 4.74 Å². The van der Waals surface area contributed by atoms with E-state index in [1.54, 1.807) is 4.90 Å². The van der Waals surface area contributed by atoms with Crippen molar-refractivity contribution < 1.29 is 14.3 Å². The summed E-state index contributed by atoms with van der Waals surface area (Å²) in [5, 5.41) is 3.03. The van der Waals surface area contributed by atoms with Crippen LogP contribution in [0, 0.1) is 6.92 Å². The molecule has 0 saturated heterocycles. The molecule has 0 fully saturated rings. The molecule has 32 heavy (non-hydrogen) atoms. The molecule has 0 aliphatic heterocycles. The van der Waals surface area contributed by atoms with Crippen molar-refractivity contribution in [2.75, 3.05) is 6.61 Å². The zero-order chi connectivity index (χ0) is 23.7. The van der Waals surface area contributed by atoms with Crippen molar-refractivity contribution >= 4 is 11.8 Å². The molecule has 0 spiro atoms. The molecule has 2 amide bonds. The molecule has 2 aromatic rings. The lowest BCUT2D eigenvalue weighted by atomic mass is 10.0. The lowest BCUT2D eigenvalue weighted by molar-refractivity contribution is -0.143. The van der Waals surface area contributed by atoms with Crippen LogP contribution in [0.5, 0.6) is 5.75 Å². The van der Waals surface area contributed by atoms with Gasteiger partial charge in [-0.25, -0.2) is 0 Å². The van der Waals surface area contributed by atoms with Gasteiger partial charge in [0.15, 0.2) is 6.61 Å². The monoisotopic (exact) mass is 438 g/mol. The summed E-state index contributed by atoms with van der Waals surface area (Å²) in [4.78, 5) is 27.9. The van der Waals surface area contributed by atoms with E-state index >= 15 is 0 Å². The Morgan fingerprint density at radius 1 is 1.00 bits per heavy atom. The van der Waals surface area contributed by atoms with Gasteiger partial charge in [-0.1, -0.05) is 69.7 Å². The standard InChI is InChI=1S/C27H38N2O3/c1-7-21(6)28-27(31)25(8-2)29(17-22-11-9-10-20(5)16-22)26(30)18-32-24-14-12-23(13-15-24)19(3)4/h9-16,19,21,25H,7-8,17-18H2,1-6H3,(H,28,31)/t21-,25+/m0/s1. The highest BCUT2D eigenvalue weighted by Crippen LogP contribution is 2.19. The smallest absolute Gasteiger partial charge is 0.261 e. The Morgan fingerprint density at radius 3 is 2.25 bits per heavy atom. The van der Waals surface area contributed by atoms with Crippen LogP contribution in [0.15, 0.2) is 48.5 Å². The van der Waals surface area contributed by atoms with Gasteiger partial charge in [0.25, 0.3) is 5.91 Å². The molecule has 0 bridgehead atoms. The molecular formula is C27H38N2O3. The van der Waals surface area contributed by atoms with E-state index in [9.17, 15) is 9.59 Å². The van der Waals surface area contributed by atoms with Crippen molar-refractivity contribution in [3.8, 4) is 5.75 Å². The van der Waals surface area contributed by atoms with E-state index in [0.717, 1.165) is 17.5 Å². The lowest BCUT2D eigenvalue weighted by Gasteiger charge is -2.31. The predicted octanol–water partition coefficient (Wildman–Crippen LogP) is 5.22. The summed E-state index contributed by atoms with van der Waals surface area (Å²) in [5.41, 5.74) is 3.33. The first-order valence-corrected chi connectivity index (χ1v) is 11.6. The number of carbonyl (C=O) groups excluding carboxylic acids is 2. The largest absolute Gasteiger partial charge is 0.484 e. The van der Waals surface area contributed by atoms with E-state index in [2.05, 4.69) is 19.2 Å². The third-order valence-electron chi connectivity index (χ3n) is 5.73. The number of amides is 2. The molecule has 0 aliphatic rings. The molecule has 0 saturated carbocycles. The minimum atomic E-state index is -0.552. The zero-order valence-corrected chi connectivity index (χ0v) is 20.4. The second kappa shape index (κ2) is 12.3. The zero-order valence-electron chi connectivity index (χ0n) is 20.4. The maximum Gasteiger partial charge on any atom is 0.261 e. The van der Waals surface area contributed by atoms with E-state index in [-0.39, 0.29) is 24.5 Å². The quantitative estimate of drug-likeness (QED) is 0.523. The van der Waals surface area contributed by atoms with Crippen molar-refractivity contribution in [1.82, 2.24) is 10.2 Å². The number of rotatable bonds is 11. The highest BCUT2D eigenvalue weighted by molar-refractivity contribution is 5.88. The molecule has 0 aliphatic carbocycles. The van der Waals surface area contributed by atoms with Crippen LogP contribution in [0.3, 0.4) is 0 Å². The Balaban J connectivity index is 2.19. The normalized spacial score (nSPS) is 12.8. The number of hydrogen-bond donors (Lipinski definition) is 1. The highest BCUT2D eigenvalue weighted by atomic mass is 16.5. The van der Waals surface area contributed by atoms with Gasteiger partial charge in [0, 0.05) is 12.6 Å². The van der Waals surface area contributed by atoms with Gasteiger partial charge in [-0.3, -0.25) is 9.59 Å². The molecule has 2 atom stereocenters. The summed E-state index contributed by atoms with van der Waals surface area (Å²) in [6, 6.07) is 15.3. The van der Waals surface area contributed by atoms with E-state index in [0.29, 0.717) is 24.6 Å². The Kier molecular flexibility index (Phi) is 9.76. The molecule has 0 radical (unpaired) electrons. The van der Waals surface area contributed by atoms with Gasteiger partial charge in [0.1, 0.15) is 11.8 Å². The first-order valence-electron chi connectivity index (χ1n) is 11.6. The van der Waals surface area contributed by atoms with Crippen LogP contribution in [0.1, 0.15) is 70.1 Å². The summed E-state index contributed by atoms with van der Waals surface area (Å²) >= 11 is 0. The number of aryl methyl sites for hydroxylation is 1. The molecule has 174 valence electrons. The van der Waals surface area contributed by atoms with Crippen molar-refractivity contribution in [2.24, 2.45) is 0 Å². The van der Waals surface area contributed by atoms with Gasteiger partial charge in [-0.2, -0.15) is 0 Å². The maximum absolute atomic E-state index is 13.3. The van der Waals surface area contributed by atoms with Crippen molar-refractivity contribution in [2.45, 2.75) is 78.9 Å². The van der Waals surface area contributed by atoms with Crippen LogP contribution in [-0.4, -0.2) is 35.4 Å². The Bertz CT molecular complexity index is 877. The van der Waals surface area contributed by atoms with Gasteiger partial charge in [-0.05, 0) is 55.9 Å². The number of nitrogens with zero attached hydrogens (tertiary/aromatic N) is 1. The predicted molar refractivity (Wildman–Crippen MR) is 130 cm³/mol. The van der Waals surface area contributed by atoms with Crippen LogP contribution in [0.2, 0.25) is 0 Å². The van der Waals surface area contributed by atoms with E-state index < -0.39 is 6.04 Å². The number of benzene rings is 2. The summed E-state index contributed by atoms with van der Waals surface area (Å²) in [6.45, 7) is 12.5. The Labute approximate surface area is 193 Å². The van der Waals surface area contributed by atoms with Crippen LogP contribution >= 0.6 is 0 Å². The number of carbonyl (C=O) groups is 2. The maximum atomic E-state index is 13.3. The molecule has 0 heterocycles. The van der Waals surface area contributed by atoms with Gasteiger partial charge >= 0.3 is 0 Å². The van der Waals surface area contributed by atoms with Crippen LogP contribution in [0.25, 0.3) is 0 Å². The van der Waals surface area contributed by atoms with Gasteiger partial charge < -0.3 is 15.0 Å². The van der Waals surface area contributed by atoms with Gasteiger partial charge in [0.2, 0.25) is 5.91 Å². The molecule has 0 unspecified atom stereocenters. The highest BCUT2D eigenvalue weighted by Gasteiger charge is 2.29. The summed E-state index contributed by atoms with van der Waals surface area (Å²) < 4.78 is 5.80. The van der Waals surface area contributed by atoms with Crippen molar-refractivity contribution in [3.63, 3.8) is 0 Å². The fraction of sp³-hybridized carbons (Fsp3) is 0.481. The third kappa shape index (κ3) is 7.40. The molecule has 2 aromatic carbocycles. The summed E-state index contributed by atoms with van der Waals surface area (Å²) in [7, 11) is 0. The van der Waals surface area contributed by atoms with Crippen molar-refractivity contribution in [1.29, 1.82) is 0 Å². The molecule has 2 rings (SSSR count). The second-order valence-electron chi connectivity index (χ2n) is 8.77. The summed E-state index contributed by atoms with van der Waals surface area (Å²) in [6.07, 6.45) is 1.37. The molecule has 1 N–H and O–H groups in total. The molecule has 0 aromatic heterocycles. The van der Waals surface area contributed by atoms with Gasteiger partial charge in [-0.15, -0.1) is 0 Å². The average molecular weight is 439 g/mol. The van der Waals surface area contributed by atoms with Crippen LogP contribution < -0.4 is 10.1 Å². The summed E-state index contributed by atoms with van der Waals surface area (Å²) in [5.74, 6) is 0.759. The fourth-order valence-corrected chi connectivity index (χ4v) is 3.54. The Morgan fingerprint density at radius 2 is 1.69 bits per heavy atom. The second-order valence-corrected chi connectivity index (χ2v) is 8.77. The lowest BCUT2D eigenvalue weighted by Crippen LogP contribution is -2.51. The fourth-order valence-electron chi connectivity index (χ4n) is 3.54. The molecule has 5 nitrogen and oxygen atoms in total. The third-order valence-corrected chi connectivity index (χ3v) is 5.73. The number of hydrogen-bond acceptors (Lipinski definition) is 3. The minimum Gasteiger partial charge on any atom is -0.484 e. The molecule has 5 heteroatoms. The van der Waals surface area contributed by atoms with Gasteiger partial charge in [0.05, 0.1) is 0 Å². The molecular weight excluding hydrogens is 400 g/mol. The SMILES string of the molecule is CC[C@H](C(=O)N[C@@H](C)CC)N(Cc1cccc(C)c1)C(=O)COc1ccc(C(C)C)cc1. The topological polar surface area (TPSA) is 58.6 Å². The number of nitrogens with one attached hydrogen (secondary N) is 1. The van der Waals surface area contributed by atoms with E-state index in [1.165, 1.54) is 5.56 Å². The van der Waals surface area contributed by atoms with E-state index in [1.807, 2.05) is 76.2 Å². The Hall–Kier alpha value is -2.82. The van der Waals surface area contributed by atoms with Crippen LogP contribution in [-0.2, 0) is 16.1 Å². The number of ether oxygens (including phenoxy) is 1. The first-order chi connectivity index (χ1) is 15.2. The minimum absolute atomic E-state index is 0.0585. The van der Waals surface area contributed by atoms with Crippen molar-refractivity contribution in [3.05, 3.63) is 65.2 Å². The van der Waals surface area contributed by atoms with Crippen LogP contribution in [0.4, 0.5) is 0 Å². The average Bonchev–Trinajstić information content (AvgIpc) is 2.77.